The van der Waals surface area contributed by atoms with Crippen LogP contribution in [0.3, 0.4) is 0 Å². The number of guanidine groups is 1. The molecule has 0 unspecified atom stereocenters. The van der Waals surface area contributed by atoms with Crippen LogP contribution in [0.2, 0.25) is 0 Å². The molecule has 5 heteroatoms. The molecular weight excluding hydrogens is 244 g/mol. The van der Waals surface area contributed by atoms with Gasteiger partial charge in [-0.25, -0.2) is 0 Å². The molecule has 1 aromatic heterocycles. The monoisotopic (exact) mass is 268 g/mol. The number of hydrogen-bond donors (Lipinski definition) is 3. The highest BCUT2D eigenvalue weighted by atomic mass is 32.1. The van der Waals surface area contributed by atoms with Gasteiger partial charge in [0.1, 0.15) is 0 Å². The molecule has 0 spiro atoms. The molecule has 1 heterocycles. The molecule has 1 rings (SSSR count). The van der Waals surface area contributed by atoms with E-state index in [1.54, 1.807) is 11.3 Å². The molecular formula is C13H24N4S. The summed E-state index contributed by atoms with van der Waals surface area (Å²) in [6.45, 7) is 8.80. The Balaban J connectivity index is 2.10. The maximum absolute atomic E-state index is 5.78. The van der Waals surface area contributed by atoms with Crippen LogP contribution in [0.4, 0.5) is 0 Å². The molecule has 0 bridgehead atoms. The van der Waals surface area contributed by atoms with E-state index < -0.39 is 0 Å². The van der Waals surface area contributed by atoms with Gasteiger partial charge in [0.15, 0.2) is 5.96 Å². The van der Waals surface area contributed by atoms with Crippen molar-refractivity contribution in [3.63, 3.8) is 0 Å². The maximum atomic E-state index is 5.78. The minimum atomic E-state index is 0.136. The summed E-state index contributed by atoms with van der Waals surface area (Å²) in [5.74, 6) is 0.530. The van der Waals surface area contributed by atoms with Gasteiger partial charge in [0, 0.05) is 23.5 Å². The first kappa shape index (κ1) is 15.0. The summed E-state index contributed by atoms with van der Waals surface area (Å²) in [4.78, 5) is 5.64. The molecule has 0 aliphatic heterocycles. The van der Waals surface area contributed by atoms with E-state index in [0.717, 1.165) is 19.5 Å². The fraction of sp³-hybridized carbons (Fsp3) is 0.615. The van der Waals surface area contributed by atoms with Crippen molar-refractivity contribution in [3.05, 3.63) is 22.4 Å². The predicted octanol–water partition coefficient (Wildman–Crippen LogP) is 1.58. The first-order valence-electron chi connectivity index (χ1n) is 6.28. The Morgan fingerprint density at radius 3 is 2.78 bits per heavy atom. The largest absolute Gasteiger partial charge is 0.370 e. The van der Waals surface area contributed by atoms with E-state index >= 15 is 0 Å². The molecule has 0 aromatic carbocycles. The van der Waals surface area contributed by atoms with E-state index in [0.29, 0.717) is 12.5 Å². The topological polar surface area (TPSA) is 62.4 Å². The Morgan fingerprint density at radius 2 is 2.17 bits per heavy atom. The van der Waals surface area contributed by atoms with Gasteiger partial charge in [-0.3, -0.25) is 4.99 Å². The summed E-state index contributed by atoms with van der Waals surface area (Å²) in [5.41, 5.74) is 5.91. The summed E-state index contributed by atoms with van der Waals surface area (Å²) in [6.07, 6.45) is 0.994. The molecule has 1 aromatic rings. The third-order valence-electron chi connectivity index (χ3n) is 2.31. The molecule has 0 saturated carbocycles. The zero-order valence-corrected chi connectivity index (χ0v) is 12.3. The Kier molecular flexibility index (Phi) is 6.15. The smallest absolute Gasteiger partial charge is 0.188 e. The summed E-state index contributed by atoms with van der Waals surface area (Å²) < 4.78 is 0. The SMILES string of the molecule is CC(C)(C)NCCN=C(N)NCCc1cccs1. The van der Waals surface area contributed by atoms with E-state index in [9.17, 15) is 0 Å². The van der Waals surface area contributed by atoms with Crippen molar-refractivity contribution < 1.29 is 0 Å². The first-order chi connectivity index (χ1) is 8.47. The lowest BCUT2D eigenvalue weighted by Gasteiger charge is -2.19. The van der Waals surface area contributed by atoms with E-state index in [2.05, 4.69) is 53.9 Å². The van der Waals surface area contributed by atoms with Gasteiger partial charge in [0.2, 0.25) is 0 Å². The third kappa shape index (κ3) is 7.29. The second-order valence-corrected chi connectivity index (χ2v) is 6.23. The average molecular weight is 268 g/mol. The zero-order chi connectivity index (χ0) is 13.4. The number of nitrogens with two attached hydrogens (primary N) is 1. The Morgan fingerprint density at radius 1 is 1.39 bits per heavy atom. The van der Waals surface area contributed by atoms with E-state index in [1.807, 2.05) is 0 Å². The summed E-state index contributed by atoms with van der Waals surface area (Å²) in [6, 6.07) is 4.20. The molecule has 0 radical (unpaired) electrons. The van der Waals surface area contributed by atoms with Crippen LogP contribution >= 0.6 is 11.3 Å². The van der Waals surface area contributed by atoms with E-state index in [-0.39, 0.29) is 5.54 Å². The van der Waals surface area contributed by atoms with Crippen LogP contribution in [0.15, 0.2) is 22.5 Å². The molecule has 0 aliphatic rings. The van der Waals surface area contributed by atoms with Gasteiger partial charge in [-0.15, -0.1) is 11.3 Å². The molecule has 4 nitrogen and oxygen atoms in total. The van der Waals surface area contributed by atoms with Crippen LogP contribution in [-0.4, -0.2) is 31.1 Å². The lowest BCUT2D eigenvalue weighted by atomic mass is 10.1. The fourth-order valence-electron chi connectivity index (χ4n) is 1.43. The highest BCUT2D eigenvalue weighted by molar-refractivity contribution is 7.09. The molecule has 0 atom stereocenters. The average Bonchev–Trinajstić information content (AvgIpc) is 2.76. The number of thiophene rings is 1. The number of rotatable bonds is 6. The molecule has 0 aliphatic carbocycles. The minimum Gasteiger partial charge on any atom is -0.370 e. The van der Waals surface area contributed by atoms with Gasteiger partial charge >= 0.3 is 0 Å². The van der Waals surface area contributed by atoms with Crippen molar-refractivity contribution in [3.8, 4) is 0 Å². The van der Waals surface area contributed by atoms with Crippen LogP contribution in [0, 0.1) is 0 Å². The van der Waals surface area contributed by atoms with Crippen molar-refractivity contribution in [2.45, 2.75) is 32.7 Å². The lowest BCUT2D eigenvalue weighted by Crippen LogP contribution is -2.38. The predicted molar refractivity (Wildman–Crippen MR) is 80.3 cm³/mol. The summed E-state index contributed by atoms with van der Waals surface area (Å²) in [5, 5.41) is 8.58. The van der Waals surface area contributed by atoms with Gasteiger partial charge < -0.3 is 16.4 Å². The highest BCUT2D eigenvalue weighted by Gasteiger charge is 2.06. The second-order valence-electron chi connectivity index (χ2n) is 5.20. The standard InChI is InChI=1S/C13H24N4S/c1-13(2,3)17-9-8-16-12(14)15-7-6-11-5-4-10-18-11/h4-5,10,17H,6-9H2,1-3H3,(H3,14,15,16). The van der Waals surface area contributed by atoms with Gasteiger partial charge in [0.05, 0.1) is 6.54 Å². The van der Waals surface area contributed by atoms with Gasteiger partial charge in [-0.05, 0) is 38.6 Å². The van der Waals surface area contributed by atoms with Crippen molar-refractivity contribution >= 4 is 17.3 Å². The highest BCUT2D eigenvalue weighted by Crippen LogP contribution is 2.07. The van der Waals surface area contributed by atoms with Crippen molar-refractivity contribution in [2.24, 2.45) is 10.7 Å². The van der Waals surface area contributed by atoms with Crippen LogP contribution in [0.5, 0.6) is 0 Å². The van der Waals surface area contributed by atoms with E-state index in [4.69, 9.17) is 5.73 Å². The summed E-state index contributed by atoms with van der Waals surface area (Å²) in [7, 11) is 0. The fourth-order valence-corrected chi connectivity index (χ4v) is 2.14. The van der Waals surface area contributed by atoms with Crippen LogP contribution in [0.1, 0.15) is 25.6 Å². The third-order valence-corrected chi connectivity index (χ3v) is 3.24. The maximum Gasteiger partial charge on any atom is 0.188 e. The Labute approximate surface area is 114 Å². The Bertz CT molecular complexity index is 352. The molecule has 102 valence electrons. The van der Waals surface area contributed by atoms with Crippen LogP contribution < -0.4 is 16.4 Å². The minimum absolute atomic E-state index is 0.136. The number of nitrogens with one attached hydrogen (secondary N) is 2. The second kappa shape index (κ2) is 7.38. The number of aliphatic imine (C=N–C) groups is 1. The van der Waals surface area contributed by atoms with Crippen LogP contribution in [0.25, 0.3) is 0 Å². The Hall–Kier alpha value is -1.07. The molecule has 4 N–H and O–H groups in total. The number of nitrogens with zero attached hydrogens (tertiary/aromatic N) is 1. The van der Waals surface area contributed by atoms with Crippen LogP contribution in [-0.2, 0) is 6.42 Å². The van der Waals surface area contributed by atoms with E-state index in [1.165, 1.54) is 4.88 Å². The van der Waals surface area contributed by atoms with Gasteiger partial charge in [-0.2, -0.15) is 0 Å². The molecule has 0 amide bonds. The summed E-state index contributed by atoms with van der Waals surface area (Å²) >= 11 is 1.77. The van der Waals surface area contributed by atoms with Gasteiger partial charge in [-0.1, -0.05) is 6.07 Å². The van der Waals surface area contributed by atoms with Crippen molar-refractivity contribution in [2.75, 3.05) is 19.6 Å². The first-order valence-corrected chi connectivity index (χ1v) is 7.16. The van der Waals surface area contributed by atoms with Crippen molar-refractivity contribution in [1.29, 1.82) is 0 Å². The molecule has 0 fully saturated rings. The lowest BCUT2D eigenvalue weighted by molar-refractivity contribution is 0.432. The van der Waals surface area contributed by atoms with Crippen molar-refractivity contribution in [1.82, 2.24) is 10.6 Å². The molecule has 0 saturated heterocycles. The zero-order valence-electron chi connectivity index (χ0n) is 11.5. The quantitative estimate of drug-likeness (QED) is 0.417. The normalized spacial score (nSPS) is 12.7. The molecule has 18 heavy (non-hydrogen) atoms. The van der Waals surface area contributed by atoms with Gasteiger partial charge in [0.25, 0.3) is 0 Å². The number of hydrogen-bond acceptors (Lipinski definition) is 3.